The third kappa shape index (κ3) is 4.72. The summed E-state index contributed by atoms with van der Waals surface area (Å²) < 4.78 is 0. The van der Waals surface area contributed by atoms with E-state index in [0.29, 0.717) is 23.3 Å². The van der Waals surface area contributed by atoms with Gasteiger partial charge in [0.2, 0.25) is 0 Å². The van der Waals surface area contributed by atoms with Crippen molar-refractivity contribution in [3.63, 3.8) is 0 Å². The van der Waals surface area contributed by atoms with Crippen LogP contribution in [0.3, 0.4) is 0 Å². The van der Waals surface area contributed by atoms with Crippen LogP contribution in [0.5, 0.6) is 0 Å². The fourth-order valence-corrected chi connectivity index (χ4v) is 2.48. The summed E-state index contributed by atoms with van der Waals surface area (Å²) in [6, 6.07) is 7.37. The molecule has 0 atom stereocenters. The van der Waals surface area contributed by atoms with Gasteiger partial charge in [-0.25, -0.2) is 0 Å². The van der Waals surface area contributed by atoms with Gasteiger partial charge in [-0.3, -0.25) is 10.1 Å². The Morgan fingerprint density at radius 3 is 2.43 bits per heavy atom. The number of quaternary nitrogens is 1. The number of non-ortho nitro benzene ring substituents is 1. The quantitative estimate of drug-likeness (QED) is 0.590. The zero-order valence-corrected chi connectivity index (χ0v) is 13.0. The van der Waals surface area contributed by atoms with E-state index in [1.54, 1.807) is 6.07 Å². The fourth-order valence-electron chi connectivity index (χ4n) is 2.48. The van der Waals surface area contributed by atoms with Crippen LogP contribution in [0.1, 0.15) is 33.3 Å². The van der Waals surface area contributed by atoms with Crippen LogP contribution in [-0.4, -0.2) is 30.1 Å². The SMILES string of the molecule is CC(C)[NH+](CCNc1ccc([N+](=O)[O-])cc1C#N)C(C)C. The predicted molar refractivity (Wildman–Crippen MR) is 82.4 cm³/mol. The Morgan fingerprint density at radius 1 is 1.33 bits per heavy atom. The fraction of sp³-hybridized carbons (Fsp3) is 0.533. The summed E-state index contributed by atoms with van der Waals surface area (Å²) in [6.45, 7) is 10.4. The van der Waals surface area contributed by atoms with Crippen LogP contribution in [0.15, 0.2) is 18.2 Å². The highest BCUT2D eigenvalue weighted by Gasteiger charge is 2.17. The molecule has 0 aromatic heterocycles. The van der Waals surface area contributed by atoms with Crippen molar-refractivity contribution in [3.8, 4) is 6.07 Å². The Balaban J connectivity index is 2.72. The summed E-state index contributed by atoms with van der Waals surface area (Å²) in [7, 11) is 0. The molecule has 114 valence electrons. The lowest BCUT2D eigenvalue weighted by molar-refractivity contribution is -0.940. The summed E-state index contributed by atoms with van der Waals surface area (Å²) in [5, 5.41) is 23.0. The Kier molecular flexibility index (Phi) is 6.12. The van der Waals surface area contributed by atoms with Crippen molar-refractivity contribution < 1.29 is 9.82 Å². The second kappa shape index (κ2) is 7.60. The minimum Gasteiger partial charge on any atom is -0.378 e. The van der Waals surface area contributed by atoms with Crippen molar-refractivity contribution in [3.05, 3.63) is 33.9 Å². The van der Waals surface area contributed by atoms with Gasteiger partial charge in [-0.05, 0) is 33.8 Å². The molecular weight excluding hydrogens is 268 g/mol. The number of hydrogen-bond acceptors (Lipinski definition) is 4. The highest BCUT2D eigenvalue weighted by molar-refractivity contribution is 5.61. The van der Waals surface area contributed by atoms with Crippen LogP contribution >= 0.6 is 0 Å². The zero-order valence-electron chi connectivity index (χ0n) is 13.0. The molecule has 0 spiro atoms. The lowest BCUT2D eigenvalue weighted by Gasteiger charge is -2.27. The van der Waals surface area contributed by atoms with E-state index in [1.807, 2.05) is 6.07 Å². The molecule has 6 heteroatoms. The van der Waals surface area contributed by atoms with Crippen molar-refractivity contribution >= 4 is 11.4 Å². The Labute approximate surface area is 125 Å². The molecule has 0 aliphatic heterocycles. The summed E-state index contributed by atoms with van der Waals surface area (Å²) >= 11 is 0. The molecule has 2 N–H and O–H groups in total. The molecule has 0 bridgehead atoms. The summed E-state index contributed by atoms with van der Waals surface area (Å²) in [4.78, 5) is 11.7. The number of nitro benzene ring substituents is 1. The summed E-state index contributed by atoms with van der Waals surface area (Å²) in [5.74, 6) is 0. The first-order chi connectivity index (χ1) is 9.86. The maximum absolute atomic E-state index is 10.7. The van der Waals surface area contributed by atoms with Gasteiger partial charge in [0.05, 0.1) is 41.3 Å². The number of anilines is 1. The number of nitriles is 1. The second-order valence-electron chi connectivity index (χ2n) is 5.66. The van der Waals surface area contributed by atoms with Crippen LogP contribution in [0, 0.1) is 21.4 Å². The number of nitro groups is 1. The van der Waals surface area contributed by atoms with Crippen LogP contribution in [0.2, 0.25) is 0 Å². The van der Waals surface area contributed by atoms with Crippen molar-refractivity contribution in [2.24, 2.45) is 0 Å². The maximum Gasteiger partial charge on any atom is 0.270 e. The standard InChI is InChI=1S/C15H22N4O2/c1-11(2)18(12(3)4)8-7-17-15-6-5-14(19(20)21)9-13(15)10-16/h5-6,9,11-12,17H,7-8H2,1-4H3/p+1. The maximum atomic E-state index is 10.7. The highest BCUT2D eigenvalue weighted by atomic mass is 16.6. The molecule has 6 nitrogen and oxygen atoms in total. The van der Waals surface area contributed by atoms with Gasteiger partial charge in [0.25, 0.3) is 5.69 Å². The van der Waals surface area contributed by atoms with E-state index in [0.717, 1.165) is 13.1 Å². The Morgan fingerprint density at radius 2 is 1.95 bits per heavy atom. The van der Waals surface area contributed by atoms with Gasteiger partial charge in [-0.2, -0.15) is 5.26 Å². The summed E-state index contributed by atoms with van der Waals surface area (Å²) in [5.41, 5.74) is 0.892. The molecule has 1 aromatic carbocycles. The molecule has 0 aliphatic carbocycles. The highest BCUT2D eigenvalue weighted by Crippen LogP contribution is 2.20. The van der Waals surface area contributed by atoms with E-state index >= 15 is 0 Å². The molecule has 0 amide bonds. The molecule has 0 heterocycles. The van der Waals surface area contributed by atoms with E-state index in [1.165, 1.54) is 17.0 Å². The van der Waals surface area contributed by atoms with E-state index in [4.69, 9.17) is 5.26 Å². The minimum atomic E-state index is -0.492. The summed E-state index contributed by atoms with van der Waals surface area (Å²) in [6.07, 6.45) is 0. The van der Waals surface area contributed by atoms with Gasteiger partial charge in [0, 0.05) is 12.1 Å². The van der Waals surface area contributed by atoms with Gasteiger partial charge in [-0.15, -0.1) is 0 Å². The number of benzene rings is 1. The molecule has 0 fully saturated rings. The average Bonchev–Trinajstić information content (AvgIpc) is 2.42. The molecular formula is C15H23N4O2+. The third-order valence-electron chi connectivity index (χ3n) is 3.55. The largest absolute Gasteiger partial charge is 0.378 e. The number of hydrogen-bond donors (Lipinski definition) is 2. The lowest BCUT2D eigenvalue weighted by atomic mass is 10.1. The van der Waals surface area contributed by atoms with E-state index in [2.05, 4.69) is 33.0 Å². The zero-order chi connectivity index (χ0) is 16.0. The van der Waals surface area contributed by atoms with Crippen LogP contribution < -0.4 is 10.2 Å². The first-order valence-corrected chi connectivity index (χ1v) is 7.14. The van der Waals surface area contributed by atoms with Crippen LogP contribution in [0.25, 0.3) is 0 Å². The van der Waals surface area contributed by atoms with Gasteiger partial charge in [0.1, 0.15) is 6.07 Å². The van der Waals surface area contributed by atoms with Crippen molar-refractivity contribution in [2.45, 2.75) is 39.8 Å². The van der Waals surface area contributed by atoms with Crippen LogP contribution in [-0.2, 0) is 0 Å². The Hall–Kier alpha value is -2.13. The lowest BCUT2D eigenvalue weighted by Crippen LogP contribution is -3.18. The van der Waals surface area contributed by atoms with Crippen molar-refractivity contribution in [2.75, 3.05) is 18.4 Å². The second-order valence-corrected chi connectivity index (χ2v) is 5.66. The van der Waals surface area contributed by atoms with Crippen molar-refractivity contribution in [1.29, 1.82) is 5.26 Å². The predicted octanol–water partition coefficient (Wildman–Crippen LogP) is 1.58. The first kappa shape index (κ1) is 16.9. The molecule has 0 saturated heterocycles. The number of nitrogens with zero attached hydrogens (tertiary/aromatic N) is 2. The van der Waals surface area contributed by atoms with Gasteiger partial charge < -0.3 is 10.2 Å². The molecule has 1 rings (SSSR count). The number of nitrogens with one attached hydrogen (secondary N) is 2. The van der Waals surface area contributed by atoms with Gasteiger partial charge in [0.15, 0.2) is 0 Å². The van der Waals surface area contributed by atoms with E-state index in [-0.39, 0.29) is 5.69 Å². The number of rotatable bonds is 7. The topological polar surface area (TPSA) is 83.4 Å². The Bertz CT molecular complexity index is 527. The molecule has 1 aromatic rings. The van der Waals surface area contributed by atoms with Gasteiger partial charge in [-0.1, -0.05) is 0 Å². The molecule has 0 radical (unpaired) electrons. The smallest absolute Gasteiger partial charge is 0.270 e. The molecule has 0 aliphatic rings. The average molecular weight is 291 g/mol. The van der Waals surface area contributed by atoms with E-state index < -0.39 is 4.92 Å². The third-order valence-corrected chi connectivity index (χ3v) is 3.55. The van der Waals surface area contributed by atoms with Crippen molar-refractivity contribution in [1.82, 2.24) is 0 Å². The molecule has 0 saturated carbocycles. The van der Waals surface area contributed by atoms with Gasteiger partial charge >= 0.3 is 0 Å². The normalized spacial score (nSPS) is 11.0. The first-order valence-electron chi connectivity index (χ1n) is 7.14. The van der Waals surface area contributed by atoms with E-state index in [9.17, 15) is 10.1 Å². The van der Waals surface area contributed by atoms with Crippen LogP contribution in [0.4, 0.5) is 11.4 Å². The monoisotopic (exact) mass is 291 g/mol. The molecule has 0 unspecified atom stereocenters. The minimum absolute atomic E-state index is 0.0614. The molecule has 21 heavy (non-hydrogen) atoms.